The van der Waals surface area contributed by atoms with Gasteiger partial charge in [-0.1, -0.05) is 54.2 Å². The highest BCUT2D eigenvalue weighted by atomic mass is 32.2. The molecule has 128 valence electrons. The van der Waals surface area contributed by atoms with Gasteiger partial charge in [0, 0.05) is 12.2 Å². The molecule has 3 rings (SSSR count). The van der Waals surface area contributed by atoms with Gasteiger partial charge in [0.1, 0.15) is 5.82 Å². The second-order valence-electron chi connectivity index (χ2n) is 5.42. The molecule has 7 heteroatoms. The molecule has 0 bridgehead atoms. The fraction of sp³-hybridized carbons (Fsp3) is 0.167. The molecule has 1 aromatic heterocycles. The zero-order chi connectivity index (χ0) is 17.6. The van der Waals surface area contributed by atoms with Crippen LogP contribution in [0.1, 0.15) is 12.0 Å². The zero-order valence-electron chi connectivity index (χ0n) is 13.4. The fourth-order valence-electron chi connectivity index (χ4n) is 2.39. The van der Waals surface area contributed by atoms with Gasteiger partial charge in [0.15, 0.2) is 11.0 Å². The minimum atomic E-state index is -0.365. The topological polar surface area (TPSA) is 73.8 Å². The van der Waals surface area contributed by atoms with Crippen molar-refractivity contribution in [1.29, 1.82) is 0 Å². The molecule has 0 saturated carbocycles. The summed E-state index contributed by atoms with van der Waals surface area (Å²) in [5, 5.41) is 8.99. The van der Waals surface area contributed by atoms with E-state index in [1.165, 1.54) is 17.8 Å². The lowest BCUT2D eigenvalue weighted by molar-refractivity contribution is -0.117. The molecule has 2 N–H and O–H groups in total. The molecule has 3 aromatic rings. The smallest absolute Gasteiger partial charge is 0.218 e. The molecule has 0 saturated heterocycles. The molecular formula is C18H17FN4OS. The monoisotopic (exact) mass is 356 g/mol. The van der Waals surface area contributed by atoms with Crippen LogP contribution in [0.5, 0.6) is 0 Å². The average molecular weight is 356 g/mol. The number of carbonyl (C=O) groups is 1. The molecule has 0 spiro atoms. The summed E-state index contributed by atoms with van der Waals surface area (Å²) >= 11 is 1.38. The van der Waals surface area contributed by atoms with Crippen LogP contribution in [0.15, 0.2) is 59.8 Å². The van der Waals surface area contributed by atoms with E-state index in [0.717, 1.165) is 5.56 Å². The first-order valence-corrected chi connectivity index (χ1v) is 8.77. The molecule has 1 heterocycles. The number of benzene rings is 2. The van der Waals surface area contributed by atoms with E-state index in [0.29, 0.717) is 28.8 Å². The summed E-state index contributed by atoms with van der Waals surface area (Å²) in [5.41, 5.74) is 6.64. The van der Waals surface area contributed by atoms with Crippen molar-refractivity contribution in [2.75, 3.05) is 5.75 Å². The molecule has 0 unspecified atom stereocenters. The number of rotatable bonds is 7. The van der Waals surface area contributed by atoms with Crippen LogP contribution in [0.3, 0.4) is 0 Å². The van der Waals surface area contributed by atoms with Crippen LogP contribution < -0.4 is 5.73 Å². The summed E-state index contributed by atoms with van der Waals surface area (Å²) in [7, 11) is 0. The number of hydrogen-bond acceptors (Lipinski definition) is 4. The number of thioether (sulfide) groups is 1. The van der Waals surface area contributed by atoms with Gasteiger partial charge < -0.3 is 5.73 Å². The Bertz CT molecular complexity index is 867. The number of nitrogens with two attached hydrogens (primary N) is 1. The molecule has 1 amide bonds. The standard InChI is InChI=1S/C18H17FN4OS/c19-15-9-5-4-8-14(15)17-21-22-18(25-11-10-16(20)24)23(17)12-13-6-2-1-3-7-13/h1-9H,10-12H2,(H2,20,24). The molecule has 5 nitrogen and oxygen atoms in total. The van der Waals surface area contributed by atoms with Crippen molar-refractivity contribution in [3.05, 3.63) is 66.0 Å². The number of hydrogen-bond donors (Lipinski definition) is 1. The summed E-state index contributed by atoms with van der Waals surface area (Å²) in [6.07, 6.45) is 0.248. The maximum absolute atomic E-state index is 14.2. The van der Waals surface area contributed by atoms with Gasteiger partial charge in [-0.25, -0.2) is 4.39 Å². The largest absolute Gasteiger partial charge is 0.370 e. The van der Waals surface area contributed by atoms with Crippen molar-refractivity contribution >= 4 is 17.7 Å². The van der Waals surface area contributed by atoms with Gasteiger partial charge >= 0.3 is 0 Å². The first-order chi connectivity index (χ1) is 12.1. The van der Waals surface area contributed by atoms with Gasteiger partial charge in [0.2, 0.25) is 5.91 Å². The van der Waals surface area contributed by atoms with Crippen LogP contribution in [0, 0.1) is 5.82 Å². The van der Waals surface area contributed by atoms with Crippen molar-refractivity contribution in [2.45, 2.75) is 18.1 Å². The van der Waals surface area contributed by atoms with E-state index < -0.39 is 0 Å². The van der Waals surface area contributed by atoms with Gasteiger partial charge in [-0.05, 0) is 17.7 Å². The summed E-state index contributed by atoms with van der Waals surface area (Å²) in [6.45, 7) is 0.510. The normalized spacial score (nSPS) is 10.8. The Labute approximate surface area is 149 Å². The second kappa shape index (κ2) is 7.94. The van der Waals surface area contributed by atoms with Crippen LogP contribution in [0.4, 0.5) is 4.39 Å². The third-order valence-electron chi connectivity index (χ3n) is 3.59. The van der Waals surface area contributed by atoms with Crippen LogP contribution in [0.2, 0.25) is 0 Å². The first kappa shape index (κ1) is 17.2. The Balaban J connectivity index is 1.96. The average Bonchev–Trinajstić information content (AvgIpc) is 2.98. The predicted octanol–water partition coefficient (Wildman–Crippen LogP) is 3.10. The minimum Gasteiger partial charge on any atom is -0.370 e. The molecular weight excluding hydrogens is 339 g/mol. The van der Waals surface area contributed by atoms with Crippen LogP contribution >= 0.6 is 11.8 Å². The van der Waals surface area contributed by atoms with E-state index in [1.54, 1.807) is 18.2 Å². The molecule has 0 aliphatic heterocycles. The number of amides is 1. The lowest BCUT2D eigenvalue weighted by Crippen LogP contribution is -2.11. The predicted molar refractivity (Wildman–Crippen MR) is 95.5 cm³/mol. The highest BCUT2D eigenvalue weighted by Crippen LogP contribution is 2.27. The van der Waals surface area contributed by atoms with Gasteiger partial charge in [-0.15, -0.1) is 10.2 Å². The van der Waals surface area contributed by atoms with Crippen molar-refractivity contribution in [2.24, 2.45) is 5.73 Å². The second-order valence-corrected chi connectivity index (χ2v) is 6.48. The Hall–Kier alpha value is -2.67. The van der Waals surface area contributed by atoms with Crippen LogP contribution in [-0.4, -0.2) is 26.4 Å². The molecule has 25 heavy (non-hydrogen) atoms. The van der Waals surface area contributed by atoms with E-state index in [2.05, 4.69) is 10.2 Å². The Morgan fingerprint density at radius 3 is 2.52 bits per heavy atom. The van der Waals surface area contributed by atoms with Crippen molar-refractivity contribution in [3.63, 3.8) is 0 Å². The molecule has 0 radical (unpaired) electrons. The number of carbonyl (C=O) groups excluding carboxylic acids is 1. The number of primary amides is 1. The number of aromatic nitrogens is 3. The summed E-state index contributed by atoms with van der Waals surface area (Å²) < 4.78 is 16.1. The van der Waals surface area contributed by atoms with E-state index >= 15 is 0 Å². The van der Waals surface area contributed by atoms with E-state index in [9.17, 15) is 9.18 Å². The molecule has 0 atom stereocenters. The molecule has 0 aliphatic rings. The lowest BCUT2D eigenvalue weighted by Gasteiger charge is -2.10. The lowest BCUT2D eigenvalue weighted by atomic mass is 10.2. The third-order valence-corrected chi connectivity index (χ3v) is 4.56. The Morgan fingerprint density at radius 1 is 1.08 bits per heavy atom. The van der Waals surface area contributed by atoms with Crippen LogP contribution in [-0.2, 0) is 11.3 Å². The van der Waals surface area contributed by atoms with Crippen molar-refractivity contribution in [1.82, 2.24) is 14.8 Å². The maximum atomic E-state index is 14.2. The van der Waals surface area contributed by atoms with E-state index in [1.807, 2.05) is 34.9 Å². The quantitative estimate of drug-likeness (QED) is 0.660. The van der Waals surface area contributed by atoms with Crippen molar-refractivity contribution < 1.29 is 9.18 Å². The van der Waals surface area contributed by atoms with E-state index in [-0.39, 0.29) is 18.1 Å². The number of halogens is 1. The van der Waals surface area contributed by atoms with Gasteiger partial charge in [0.25, 0.3) is 0 Å². The van der Waals surface area contributed by atoms with Crippen molar-refractivity contribution in [3.8, 4) is 11.4 Å². The summed E-state index contributed by atoms with van der Waals surface area (Å²) in [5.74, 6) is 0.247. The maximum Gasteiger partial charge on any atom is 0.218 e. The highest BCUT2D eigenvalue weighted by Gasteiger charge is 2.17. The summed E-state index contributed by atoms with van der Waals surface area (Å²) in [6, 6.07) is 16.3. The number of nitrogens with zero attached hydrogens (tertiary/aromatic N) is 3. The third kappa shape index (κ3) is 4.24. The molecule has 2 aromatic carbocycles. The van der Waals surface area contributed by atoms with Gasteiger partial charge in [0.05, 0.1) is 12.1 Å². The highest BCUT2D eigenvalue weighted by molar-refractivity contribution is 7.99. The molecule has 0 fully saturated rings. The van der Waals surface area contributed by atoms with Gasteiger partial charge in [-0.2, -0.15) is 0 Å². The first-order valence-electron chi connectivity index (χ1n) is 7.78. The SMILES string of the molecule is NC(=O)CCSc1nnc(-c2ccccc2F)n1Cc1ccccc1. The fourth-order valence-corrected chi connectivity index (χ4v) is 3.28. The minimum absolute atomic E-state index is 0.248. The summed E-state index contributed by atoms with van der Waals surface area (Å²) in [4.78, 5) is 11.0. The Morgan fingerprint density at radius 2 is 1.80 bits per heavy atom. The van der Waals surface area contributed by atoms with E-state index in [4.69, 9.17) is 5.73 Å². The Kier molecular flexibility index (Phi) is 5.45. The molecule has 0 aliphatic carbocycles. The van der Waals surface area contributed by atoms with Crippen LogP contribution in [0.25, 0.3) is 11.4 Å². The van der Waals surface area contributed by atoms with Gasteiger partial charge in [-0.3, -0.25) is 9.36 Å². The zero-order valence-corrected chi connectivity index (χ0v) is 14.2.